The molecule has 3 aromatic carbocycles. The molecule has 6 rings (SSSR count). The molecule has 5 nitrogen and oxygen atoms in total. The van der Waals surface area contributed by atoms with Crippen LogP contribution >= 0.6 is 22.6 Å². The minimum absolute atomic E-state index is 0.166. The maximum atomic E-state index is 13.5. The van der Waals surface area contributed by atoms with Crippen LogP contribution in [0, 0.1) is 3.57 Å². The van der Waals surface area contributed by atoms with Crippen LogP contribution < -0.4 is 9.47 Å². The van der Waals surface area contributed by atoms with Gasteiger partial charge in [-0.2, -0.15) is 0 Å². The summed E-state index contributed by atoms with van der Waals surface area (Å²) in [6, 6.07) is 18.7. The zero-order valence-electron chi connectivity index (χ0n) is 23.1. The molecule has 0 saturated heterocycles. The van der Waals surface area contributed by atoms with E-state index in [2.05, 4.69) is 70.8 Å². The maximum Gasteiger partial charge on any atom is 0.174 e. The van der Waals surface area contributed by atoms with Crippen molar-refractivity contribution in [2.24, 2.45) is 0 Å². The van der Waals surface area contributed by atoms with Gasteiger partial charge in [0.05, 0.1) is 10.2 Å². The molecule has 2 aliphatic carbocycles. The Balaban J connectivity index is 1.44. The third kappa shape index (κ3) is 4.74. The van der Waals surface area contributed by atoms with E-state index in [1.54, 1.807) is 0 Å². The summed E-state index contributed by atoms with van der Waals surface area (Å²) >= 11 is 2.31. The number of carbonyl (C=O) groups excluding carboxylic acids is 2. The normalized spacial score (nSPS) is 17.8. The first-order valence-electron chi connectivity index (χ1n) is 14.4. The number of allylic oxidation sites excluding steroid dienone is 4. The fourth-order valence-corrected chi connectivity index (χ4v) is 7.44. The van der Waals surface area contributed by atoms with Gasteiger partial charge in [0.2, 0.25) is 0 Å². The summed E-state index contributed by atoms with van der Waals surface area (Å²) in [6.07, 6.45) is 4.53. The van der Waals surface area contributed by atoms with Crippen molar-refractivity contribution in [3.8, 4) is 11.5 Å². The molecule has 0 amide bonds. The minimum atomic E-state index is -0.353. The van der Waals surface area contributed by atoms with Gasteiger partial charge in [-0.05, 0) is 96.2 Å². The van der Waals surface area contributed by atoms with Crippen LogP contribution in [-0.4, -0.2) is 29.6 Å². The van der Waals surface area contributed by atoms with Crippen LogP contribution in [0.2, 0.25) is 0 Å². The van der Waals surface area contributed by atoms with Crippen molar-refractivity contribution < 1.29 is 19.1 Å². The van der Waals surface area contributed by atoms with Gasteiger partial charge in [-0.1, -0.05) is 42.5 Å². The van der Waals surface area contributed by atoms with Gasteiger partial charge in [-0.25, -0.2) is 0 Å². The fourth-order valence-electron chi connectivity index (χ4n) is 6.66. The molecule has 3 aromatic rings. The lowest BCUT2D eigenvalue weighted by Crippen LogP contribution is -2.39. The number of Topliss-reactive ketones (excluding diaryl/α,β-unsaturated/α-hetero) is 2. The van der Waals surface area contributed by atoms with Crippen LogP contribution in [0.3, 0.4) is 0 Å². The molecule has 6 heteroatoms. The quantitative estimate of drug-likeness (QED) is 0.245. The van der Waals surface area contributed by atoms with Gasteiger partial charge in [-0.15, -0.1) is 0 Å². The van der Waals surface area contributed by atoms with E-state index in [0.29, 0.717) is 37.6 Å². The number of hydrogen-bond donors (Lipinski definition) is 0. The molecule has 0 bridgehead atoms. The van der Waals surface area contributed by atoms with Gasteiger partial charge in [-0.3, -0.25) is 9.59 Å². The highest BCUT2D eigenvalue weighted by Crippen LogP contribution is 2.50. The monoisotopic (exact) mass is 647 g/mol. The molecule has 0 unspecified atom stereocenters. The smallest absolute Gasteiger partial charge is 0.174 e. The molecular weight excluding hydrogens is 613 g/mol. The molecule has 1 heterocycles. The molecule has 1 aliphatic heterocycles. The van der Waals surface area contributed by atoms with Gasteiger partial charge < -0.3 is 14.4 Å². The lowest BCUT2D eigenvalue weighted by Gasteiger charge is -2.43. The van der Waals surface area contributed by atoms with Gasteiger partial charge in [0.1, 0.15) is 6.61 Å². The molecule has 0 fully saturated rings. The lowest BCUT2D eigenvalue weighted by atomic mass is 9.71. The second-order valence-electron chi connectivity index (χ2n) is 10.6. The second kappa shape index (κ2) is 11.4. The van der Waals surface area contributed by atoms with Gasteiger partial charge in [0.25, 0.3) is 0 Å². The first-order chi connectivity index (χ1) is 19.5. The van der Waals surface area contributed by atoms with E-state index in [1.165, 1.54) is 10.8 Å². The molecule has 0 aromatic heterocycles. The van der Waals surface area contributed by atoms with Crippen molar-refractivity contribution in [1.29, 1.82) is 0 Å². The number of ether oxygens (including phenoxy) is 2. The molecule has 0 atom stereocenters. The Hall–Kier alpha value is -3.13. The highest BCUT2D eigenvalue weighted by Gasteiger charge is 2.43. The van der Waals surface area contributed by atoms with Crippen LogP contribution in [0.25, 0.3) is 10.8 Å². The summed E-state index contributed by atoms with van der Waals surface area (Å²) in [5.41, 5.74) is 5.89. The van der Waals surface area contributed by atoms with E-state index in [9.17, 15) is 9.59 Å². The molecule has 3 aliphatic rings. The predicted molar refractivity (Wildman–Crippen MR) is 165 cm³/mol. The second-order valence-corrected chi connectivity index (χ2v) is 11.8. The van der Waals surface area contributed by atoms with Gasteiger partial charge in [0, 0.05) is 47.8 Å². The number of benzene rings is 3. The molecule has 0 saturated carbocycles. The molecule has 206 valence electrons. The number of rotatable bonds is 7. The lowest BCUT2D eigenvalue weighted by molar-refractivity contribution is -0.117. The fraction of sp³-hybridized carbons (Fsp3) is 0.353. The van der Waals surface area contributed by atoms with Crippen molar-refractivity contribution in [1.82, 2.24) is 4.90 Å². The summed E-state index contributed by atoms with van der Waals surface area (Å²) in [7, 11) is 0. The number of fused-ring (bicyclic) bond motifs is 1. The van der Waals surface area contributed by atoms with E-state index >= 15 is 0 Å². The maximum absolute atomic E-state index is 13.5. The summed E-state index contributed by atoms with van der Waals surface area (Å²) in [6.45, 7) is 5.75. The zero-order chi connectivity index (χ0) is 27.8. The Morgan fingerprint density at radius 2 is 1.52 bits per heavy atom. The zero-order valence-corrected chi connectivity index (χ0v) is 25.3. The number of halogens is 1. The van der Waals surface area contributed by atoms with E-state index in [4.69, 9.17) is 9.47 Å². The Bertz CT molecular complexity index is 1520. The molecule has 0 spiro atoms. The van der Waals surface area contributed by atoms with Crippen LogP contribution in [-0.2, 0) is 16.2 Å². The molecule has 40 heavy (non-hydrogen) atoms. The predicted octanol–water partition coefficient (Wildman–Crippen LogP) is 7.86. The van der Waals surface area contributed by atoms with Crippen molar-refractivity contribution in [2.45, 2.75) is 64.9 Å². The van der Waals surface area contributed by atoms with Crippen molar-refractivity contribution >= 4 is 44.9 Å². The topological polar surface area (TPSA) is 55.8 Å². The first kappa shape index (κ1) is 27.1. The number of nitrogens with zero attached hydrogens (tertiary/aromatic N) is 1. The average Bonchev–Trinajstić information content (AvgIpc) is 2.96. The first-order valence-corrected chi connectivity index (χ1v) is 15.4. The summed E-state index contributed by atoms with van der Waals surface area (Å²) in [5.74, 6) is 1.32. The van der Waals surface area contributed by atoms with Gasteiger partial charge >= 0.3 is 0 Å². The number of hydrogen-bond acceptors (Lipinski definition) is 5. The van der Waals surface area contributed by atoms with Crippen LogP contribution in [0.4, 0.5) is 0 Å². The van der Waals surface area contributed by atoms with Crippen LogP contribution in [0.5, 0.6) is 11.5 Å². The standard InChI is InChI=1S/C34H34INO4/c1-3-36-26-14-8-16-28(37)32(26)31(33-27(36)15-9-17-29(33)38)23-18-25(35)34(30(19-23)39-4-2)40-20-22-12-7-11-21-10-5-6-13-24(21)22/h5-7,10-13,18-19,31H,3-4,8-9,14-17,20H2,1-2H3. The average molecular weight is 648 g/mol. The van der Waals surface area contributed by atoms with E-state index < -0.39 is 0 Å². The number of ketones is 2. The minimum Gasteiger partial charge on any atom is -0.490 e. The Morgan fingerprint density at radius 1 is 0.850 bits per heavy atom. The van der Waals surface area contributed by atoms with Crippen LogP contribution in [0.15, 0.2) is 77.1 Å². The van der Waals surface area contributed by atoms with E-state index in [-0.39, 0.29) is 17.5 Å². The largest absolute Gasteiger partial charge is 0.490 e. The summed E-state index contributed by atoms with van der Waals surface area (Å²) in [4.78, 5) is 29.3. The molecule has 0 radical (unpaired) electrons. The highest BCUT2D eigenvalue weighted by atomic mass is 127. The van der Waals surface area contributed by atoms with Crippen molar-refractivity contribution in [3.05, 3.63) is 91.8 Å². The number of carbonyl (C=O) groups is 2. The summed E-state index contributed by atoms with van der Waals surface area (Å²) in [5, 5.41) is 2.35. The Kier molecular flexibility index (Phi) is 7.71. The highest BCUT2D eigenvalue weighted by molar-refractivity contribution is 14.1. The third-order valence-electron chi connectivity index (χ3n) is 8.32. The Labute approximate surface area is 249 Å². The molecule has 0 N–H and O–H groups in total. The van der Waals surface area contributed by atoms with Gasteiger partial charge in [0.15, 0.2) is 23.1 Å². The summed E-state index contributed by atoms with van der Waals surface area (Å²) < 4.78 is 13.5. The van der Waals surface area contributed by atoms with Crippen molar-refractivity contribution in [3.63, 3.8) is 0 Å². The van der Waals surface area contributed by atoms with Crippen molar-refractivity contribution in [2.75, 3.05) is 13.2 Å². The Morgan fingerprint density at radius 3 is 2.20 bits per heavy atom. The van der Waals surface area contributed by atoms with Crippen LogP contribution in [0.1, 0.15) is 69.4 Å². The van der Waals surface area contributed by atoms with E-state index in [1.807, 2.05) is 25.1 Å². The SMILES string of the molecule is CCOc1cc(C2C3=C(CCCC3=O)N(CC)C3=C2C(=O)CCC3)cc(I)c1OCc1cccc2ccccc12. The van der Waals surface area contributed by atoms with E-state index in [0.717, 1.165) is 69.5 Å². The molecular formula is C34H34INO4. The third-order valence-corrected chi connectivity index (χ3v) is 9.12.